The molecule has 0 saturated heterocycles. The molecule has 0 spiro atoms. The third kappa shape index (κ3) is 14.8. The number of phenolic OH excluding ortho intramolecular Hbond substituents is 1. The Bertz CT molecular complexity index is 1600. The summed E-state index contributed by atoms with van der Waals surface area (Å²) >= 11 is 0. The molecule has 304 valence electrons. The van der Waals surface area contributed by atoms with Gasteiger partial charge in [0.25, 0.3) is 0 Å². The second-order valence-corrected chi connectivity index (χ2v) is 13.9. The number of hydrogen-bond acceptors (Lipinski definition) is 13. The van der Waals surface area contributed by atoms with Crippen molar-refractivity contribution in [2.45, 2.75) is 93.8 Å². The molecular formula is C37H58N10O8. The number of aliphatic hydroxyl groups is 2. The fourth-order valence-electron chi connectivity index (χ4n) is 5.92. The number of carbonyl (C=O) groups excluding carboxylic acids is 5. The topological polar surface area (TPSA) is 336 Å². The van der Waals surface area contributed by atoms with Crippen molar-refractivity contribution in [1.82, 2.24) is 26.6 Å². The molecule has 0 fully saturated rings. The van der Waals surface area contributed by atoms with E-state index in [9.17, 15) is 39.3 Å². The van der Waals surface area contributed by atoms with E-state index in [0.717, 1.165) is 11.1 Å². The maximum Gasteiger partial charge on any atom is 0.243 e. The van der Waals surface area contributed by atoms with Crippen LogP contribution in [-0.2, 0) is 36.8 Å². The minimum atomic E-state index is -1.28. The van der Waals surface area contributed by atoms with E-state index in [1.165, 1.54) is 6.07 Å². The Hall–Kier alpha value is -4.69. The van der Waals surface area contributed by atoms with Crippen LogP contribution in [0.5, 0.6) is 5.75 Å². The third-order valence-electron chi connectivity index (χ3n) is 9.29. The van der Waals surface area contributed by atoms with Crippen LogP contribution in [0.15, 0.2) is 42.5 Å². The quantitative estimate of drug-likeness (QED) is 0.0654. The van der Waals surface area contributed by atoms with Crippen molar-refractivity contribution in [3.63, 3.8) is 0 Å². The zero-order valence-electron chi connectivity index (χ0n) is 31.0. The fourth-order valence-corrected chi connectivity index (χ4v) is 5.92. The lowest BCUT2D eigenvalue weighted by molar-refractivity contribution is -0.133. The Balaban J connectivity index is 1.60. The van der Waals surface area contributed by atoms with Gasteiger partial charge < -0.3 is 70.6 Å². The summed E-state index contributed by atoms with van der Waals surface area (Å²) in [5.41, 5.74) is 31.7. The average Bonchev–Trinajstić information content (AvgIpc) is 3.17. The number of rotatable bonds is 18. The van der Waals surface area contributed by atoms with Crippen molar-refractivity contribution in [3.8, 4) is 16.9 Å². The number of benzene rings is 2. The van der Waals surface area contributed by atoms with Crippen molar-refractivity contribution in [1.29, 1.82) is 0 Å². The first-order chi connectivity index (χ1) is 26.2. The molecule has 0 aromatic heterocycles. The zero-order chi connectivity index (χ0) is 40.5. The van der Waals surface area contributed by atoms with Crippen molar-refractivity contribution in [2.24, 2.45) is 28.7 Å². The number of amides is 5. The number of aliphatic hydroxyl groups excluding tert-OH is 2. The van der Waals surface area contributed by atoms with Crippen LogP contribution in [0.3, 0.4) is 0 Å². The Morgan fingerprint density at radius 1 is 0.782 bits per heavy atom. The molecule has 1 unspecified atom stereocenters. The van der Waals surface area contributed by atoms with Crippen LogP contribution in [0.4, 0.5) is 0 Å². The molecule has 1 aliphatic heterocycles. The minimum absolute atomic E-state index is 0.0223. The van der Waals surface area contributed by atoms with Crippen LogP contribution in [0.1, 0.15) is 49.7 Å². The van der Waals surface area contributed by atoms with Gasteiger partial charge >= 0.3 is 0 Å². The van der Waals surface area contributed by atoms with Gasteiger partial charge in [-0.05, 0) is 66.5 Å². The van der Waals surface area contributed by atoms with E-state index in [0.29, 0.717) is 43.4 Å². The highest BCUT2D eigenvalue weighted by Crippen LogP contribution is 2.28. The van der Waals surface area contributed by atoms with Gasteiger partial charge in [-0.1, -0.05) is 30.3 Å². The number of unbranched alkanes of at least 4 members (excludes halogenated alkanes) is 1. The second-order valence-electron chi connectivity index (χ2n) is 13.9. The van der Waals surface area contributed by atoms with Crippen LogP contribution in [0.25, 0.3) is 11.1 Å². The van der Waals surface area contributed by atoms with E-state index >= 15 is 0 Å². The number of phenols is 1. The third-order valence-corrected chi connectivity index (χ3v) is 9.29. The van der Waals surface area contributed by atoms with Crippen molar-refractivity contribution < 1.29 is 39.3 Å². The normalized spacial score (nSPS) is 19.7. The van der Waals surface area contributed by atoms with E-state index in [2.05, 4.69) is 26.6 Å². The lowest BCUT2D eigenvalue weighted by atomic mass is 9.96. The Morgan fingerprint density at radius 2 is 1.44 bits per heavy atom. The zero-order valence-corrected chi connectivity index (χ0v) is 31.0. The molecule has 18 N–H and O–H groups in total. The number of carbonyl (C=O) groups is 5. The minimum Gasteiger partial charge on any atom is -0.508 e. The molecular weight excluding hydrogens is 712 g/mol. The summed E-state index contributed by atoms with van der Waals surface area (Å²) in [4.78, 5) is 64.9. The molecule has 2 aromatic rings. The number of nitrogens with one attached hydrogen (secondary N) is 5. The van der Waals surface area contributed by atoms with Gasteiger partial charge in [0.15, 0.2) is 0 Å². The maximum atomic E-state index is 13.6. The summed E-state index contributed by atoms with van der Waals surface area (Å²) in [5.74, 6) is -2.75. The predicted octanol–water partition coefficient (Wildman–Crippen LogP) is -3.56. The molecule has 18 heteroatoms. The van der Waals surface area contributed by atoms with Gasteiger partial charge in [0.05, 0.1) is 30.3 Å². The number of fused-ring (bicyclic) bond motifs is 5. The van der Waals surface area contributed by atoms with Gasteiger partial charge in [-0.3, -0.25) is 24.0 Å². The average molecular weight is 771 g/mol. The Morgan fingerprint density at radius 3 is 2.15 bits per heavy atom. The van der Waals surface area contributed by atoms with Crippen molar-refractivity contribution >= 4 is 29.5 Å². The van der Waals surface area contributed by atoms with E-state index < -0.39 is 66.0 Å². The first-order valence-electron chi connectivity index (χ1n) is 18.6. The van der Waals surface area contributed by atoms with E-state index in [1.54, 1.807) is 12.1 Å². The van der Waals surface area contributed by atoms with Gasteiger partial charge in [0.2, 0.25) is 29.5 Å². The molecule has 1 aliphatic rings. The summed E-state index contributed by atoms with van der Waals surface area (Å²) in [6.45, 7) is 0.340. The van der Waals surface area contributed by atoms with Crippen molar-refractivity contribution in [3.05, 3.63) is 53.6 Å². The number of aromatic hydroxyl groups is 1. The lowest BCUT2D eigenvalue weighted by Gasteiger charge is -2.25. The molecule has 1 heterocycles. The van der Waals surface area contributed by atoms with Crippen molar-refractivity contribution in [2.75, 3.05) is 32.7 Å². The Labute approximate surface area is 320 Å². The molecule has 0 saturated carbocycles. The maximum absolute atomic E-state index is 13.6. The molecule has 3 rings (SSSR count). The summed E-state index contributed by atoms with van der Waals surface area (Å²) in [6.07, 6.45) is -0.0456. The first-order valence-corrected chi connectivity index (χ1v) is 18.6. The van der Waals surface area contributed by atoms with E-state index in [1.807, 2.05) is 24.3 Å². The van der Waals surface area contributed by atoms with E-state index in [-0.39, 0.29) is 63.5 Å². The molecule has 18 nitrogen and oxygen atoms in total. The van der Waals surface area contributed by atoms with Gasteiger partial charge in [-0.15, -0.1) is 0 Å². The monoisotopic (exact) mass is 770 g/mol. The molecule has 55 heavy (non-hydrogen) atoms. The molecule has 5 amide bonds. The molecule has 0 aliphatic carbocycles. The van der Waals surface area contributed by atoms with Crippen LogP contribution >= 0.6 is 0 Å². The predicted molar refractivity (Wildman–Crippen MR) is 206 cm³/mol. The van der Waals surface area contributed by atoms with Gasteiger partial charge in [0, 0.05) is 52.0 Å². The molecule has 4 bridgehead atoms. The van der Waals surface area contributed by atoms with Crippen LogP contribution in [0, 0.1) is 0 Å². The fraction of sp³-hybridized carbons (Fsp3) is 0.541. The van der Waals surface area contributed by atoms with Crippen LogP contribution in [0.2, 0.25) is 0 Å². The Kier molecular flexibility index (Phi) is 18.4. The number of hydrogen-bond donors (Lipinski definition) is 13. The second kappa shape index (κ2) is 22.6. The summed E-state index contributed by atoms with van der Waals surface area (Å²) < 4.78 is 0. The summed E-state index contributed by atoms with van der Waals surface area (Å²) in [7, 11) is 0. The molecule has 2 aromatic carbocycles. The highest BCUT2D eigenvalue weighted by Gasteiger charge is 2.30. The van der Waals surface area contributed by atoms with Gasteiger partial charge in [0.1, 0.15) is 17.8 Å². The standard InChI is InChI=1S/C37H58N10O8/c38-18-25(48)17-31-37(55)47-30(14-21-5-3-6-22(13-21)23-9-10-32(50)24(15-23)16-29(42)35(53)46-31)36(54)44-12-4-8-28(41)33(51)43-11-2-1-7-27(40)34(52)45-20-26(49)19-39/h3,5-6,9-10,13,15,25-31,48-50H,1-2,4,7-8,11-12,14,16-20,38-42H2,(H,43,51)(H,44,54)(H,45,52)(H,46,53)(H,47,55)/t25-,26?,27+,28+,29+,30+,31+/m1/s1. The van der Waals surface area contributed by atoms with E-state index in [4.69, 9.17) is 28.7 Å². The van der Waals surface area contributed by atoms with Crippen LogP contribution in [-0.4, -0.2) is 120 Å². The smallest absolute Gasteiger partial charge is 0.243 e. The van der Waals surface area contributed by atoms with Gasteiger partial charge in [-0.2, -0.15) is 0 Å². The van der Waals surface area contributed by atoms with Gasteiger partial charge in [-0.25, -0.2) is 0 Å². The summed E-state index contributed by atoms with van der Waals surface area (Å²) in [5, 5.41) is 43.6. The highest BCUT2D eigenvalue weighted by molar-refractivity contribution is 5.93. The lowest BCUT2D eigenvalue weighted by Crippen LogP contribution is -2.57. The highest BCUT2D eigenvalue weighted by atomic mass is 16.3. The SMILES string of the molecule is NCC(O)CNC(=O)[C@@H](N)CCCCNC(=O)[C@@H](N)CCCNC(=O)[C@@H]1Cc2cccc(c2)-c2ccc(O)c(c2)C[C@H](N)C(=O)N[C@@H](C[C@@H](O)CN)C(=O)N1. The van der Waals surface area contributed by atoms with Crippen LogP contribution < -0.4 is 55.3 Å². The largest absolute Gasteiger partial charge is 0.508 e. The molecule has 7 atom stereocenters. The first kappa shape index (κ1) is 44.7. The molecule has 0 radical (unpaired) electrons. The number of nitrogens with two attached hydrogens (primary N) is 5. The summed E-state index contributed by atoms with van der Waals surface area (Å²) in [6, 6.07) is 7.18.